The van der Waals surface area contributed by atoms with Gasteiger partial charge in [-0.05, 0) is 31.4 Å². The number of nitro benzene ring substituents is 1. The third-order valence-electron chi connectivity index (χ3n) is 3.54. The minimum atomic E-state index is -0.891. The van der Waals surface area contributed by atoms with Crippen molar-refractivity contribution >= 4 is 17.3 Å². The Hall–Kier alpha value is -1.95. The number of carbonyl (C=O) groups excluding carboxylic acids is 1. The van der Waals surface area contributed by atoms with Crippen molar-refractivity contribution in [3.63, 3.8) is 0 Å². The van der Waals surface area contributed by atoms with Gasteiger partial charge in [0.2, 0.25) is 5.91 Å². The summed E-state index contributed by atoms with van der Waals surface area (Å²) in [6.07, 6.45) is 3.08. The van der Waals surface area contributed by atoms with E-state index in [1.165, 1.54) is 6.07 Å². The van der Waals surface area contributed by atoms with Gasteiger partial charge in [0.1, 0.15) is 5.69 Å². The lowest BCUT2D eigenvalue weighted by Gasteiger charge is -2.22. The van der Waals surface area contributed by atoms with Crippen LogP contribution in [0.2, 0.25) is 0 Å². The fourth-order valence-corrected chi connectivity index (χ4v) is 2.39. The van der Waals surface area contributed by atoms with Crippen molar-refractivity contribution in [2.24, 2.45) is 5.73 Å². The molecule has 19 heavy (non-hydrogen) atoms. The maximum Gasteiger partial charge on any atom is 0.292 e. The van der Waals surface area contributed by atoms with Crippen LogP contribution in [0.25, 0.3) is 0 Å². The zero-order chi connectivity index (χ0) is 14.0. The monoisotopic (exact) mass is 263 g/mol. The Bertz CT molecular complexity index is 522. The van der Waals surface area contributed by atoms with Crippen LogP contribution in [0.15, 0.2) is 18.2 Å². The van der Waals surface area contributed by atoms with Crippen molar-refractivity contribution in [2.75, 3.05) is 5.32 Å². The number of nitrogens with zero attached hydrogens (tertiary/aromatic N) is 1. The molecule has 1 saturated carbocycles. The minimum Gasteiger partial charge on any atom is -0.319 e. The first-order valence-corrected chi connectivity index (χ1v) is 6.28. The van der Waals surface area contributed by atoms with E-state index in [1.807, 2.05) is 6.92 Å². The van der Waals surface area contributed by atoms with Crippen LogP contribution in [-0.2, 0) is 4.79 Å². The lowest BCUT2D eigenvalue weighted by atomic mass is 9.98. The fourth-order valence-electron chi connectivity index (χ4n) is 2.39. The van der Waals surface area contributed by atoms with E-state index in [-0.39, 0.29) is 17.3 Å². The lowest BCUT2D eigenvalue weighted by molar-refractivity contribution is -0.383. The van der Waals surface area contributed by atoms with Gasteiger partial charge in [0.05, 0.1) is 10.5 Å². The van der Waals surface area contributed by atoms with Crippen LogP contribution in [0, 0.1) is 17.0 Å². The number of hydrogen-bond acceptors (Lipinski definition) is 4. The first-order chi connectivity index (χ1) is 8.92. The van der Waals surface area contributed by atoms with Crippen molar-refractivity contribution < 1.29 is 9.72 Å². The van der Waals surface area contributed by atoms with Crippen LogP contribution in [0.3, 0.4) is 0 Å². The van der Waals surface area contributed by atoms with E-state index in [1.54, 1.807) is 12.1 Å². The standard InChI is InChI=1S/C13H17N3O3/c1-9-4-5-11(16(18)19)10(8-9)15-12(17)13(14)6-2-3-7-13/h4-5,8H,2-3,6-7,14H2,1H3,(H,15,17). The van der Waals surface area contributed by atoms with Crippen LogP contribution in [0.1, 0.15) is 31.2 Å². The predicted octanol–water partition coefficient (Wildman–Crippen LogP) is 2.11. The molecule has 0 aliphatic heterocycles. The summed E-state index contributed by atoms with van der Waals surface area (Å²) in [6.45, 7) is 1.81. The van der Waals surface area contributed by atoms with Crippen molar-refractivity contribution in [2.45, 2.75) is 38.1 Å². The van der Waals surface area contributed by atoms with Gasteiger partial charge in [-0.25, -0.2) is 0 Å². The van der Waals surface area contributed by atoms with Crippen molar-refractivity contribution in [1.82, 2.24) is 0 Å². The Labute approximate surface area is 111 Å². The molecule has 0 atom stereocenters. The van der Waals surface area contributed by atoms with Crippen LogP contribution in [0.4, 0.5) is 11.4 Å². The molecule has 0 saturated heterocycles. The summed E-state index contributed by atoms with van der Waals surface area (Å²) in [4.78, 5) is 22.6. The van der Waals surface area contributed by atoms with Crippen molar-refractivity contribution in [1.29, 1.82) is 0 Å². The molecule has 6 nitrogen and oxygen atoms in total. The lowest BCUT2D eigenvalue weighted by Crippen LogP contribution is -2.48. The van der Waals surface area contributed by atoms with E-state index in [0.29, 0.717) is 12.8 Å². The Morgan fingerprint density at radius 1 is 1.42 bits per heavy atom. The molecule has 1 aromatic carbocycles. The molecule has 1 aliphatic carbocycles. The maximum atomic E-state index is 12.2. The van der Waals surface area contributed by atoms with Crippen LogP contribution in [0.5, 0.6) is 0 Å². The molecule has 0 heterocycles. The first-order valence-electron chi connectivity index (χ1n) is 6.28. The molecule has 0 aromatic heterocycles. The van der Waals surface area contributed by atoms with E-state index in [4.69, 9.17) is 5.73 Å². The van der Waals surface area contributed by atoms with Crippen molar-refractivity contribution in [3.05, 3.63) is 33.9 Å². The molecule has 1 amide bonds. The molecule has 6 heteroatoms. The molecular weight excluding hydrogens is 246 g/mol. The predicted molar refractivity (Wildman–Crippen MR) is 71.8 cm³/mol. The SMILES string of the molecule is Cc1ccc([N+](=O)[O-])c(NC(=O)C2(N)CCCC2)c1. The van der Waals surface area contributed by atoms with Crippen LogP contribution >= 0.6 is 0 Å². The Balaban J connectivity index is 2.25. The molecule has 102 valence electrons. The number of hydrogen-bond donors (Lipinski definition) is 2. The normalized spacial score (nSPS) is 17.2. The maximum absolute atomic E-state index is 12.2. The fraction of sp³-hybridized carbons (Fsp3) is 0.462. The van der Waals surface area contributed by atoms with Gasteiger partial charge in [0, 0.05) is 6.07 Å². The van der Waals surface area contributed by atoms with Crippen molar-refractivity contribution in [3.8, 4) is 0 Å². The highest BCUT2D eigenvalue weighted by Crippen LogP contribution is 2.31. The van der Waals surface area contributed by atoms with Gasteiger partial charge in [0.25, 0.3) is 5.69 Å². The quantitative estimate of drug-likeness (QED) is 0.644. The molecule has 0 unspecified atom stereocenters. The molecule has 0 bridgehead atoms. The number of nitro groups is 1. The Morgan fingerprint density at radius 2 is 2.05 bits per heavy atom. The van der Waals surface area contributed by atoms with Crippen LogP contribution in [-0.4, -0.2) is 16.4 Å². The first kappa shape index (κ1) is 13.5. The summed E-state index contributed by atoms with van der Waals surface area (Å²) < 4.78 is 0. The van der Waals surface area contributed by atoms with Gasteiger partial charge in [-0.3, -0.25) is 14.9 Å². The number of nitrogens with two attached hydrogens (primary N) is 1. The Kier molecular flexibility index (Phi) is 3.53. The smallest absolute Gasteiger partial charge is 0.292 e. The number of amides is 1. The van der Waals surface area contributed by atoms with E-state index in [2.05, 4.69) is 5.32 Å². The summed E-state index contributed by atoms with van der Waals surface area (Å²) in [5.74, 6) is -0.335. The van der Waals surface area contributed by atoms with E-state index < -0.39 is 10.5 Å². The third-order valence-corrected chi connectivity index (χ3v) is 3.54. The molecule has 1 aromatic rings. The van der Waals surface area contributed by atoms with Gasteiger partial charge in [-0.1, -0.05) is 18.9 Å². The number of benzene rings is 1. The van der Waals surface area contributed by atoms with Gasteiger partial charge in [0.15, 0.2) is 0 Å². The average molecular weight is 263 g/mol. The highest BCUT2D eigenvalue weighted by atomic mass is 16.6. The summed E-state index contributed by atoms with van der Waals surface area (Å²) in [6, 6.07) is 4.62. The minimum absolute atomic E-state index is 0.111. The van der Waals surface area contributed by atoms with E-state index in [0.717, 1.165) is 18.4 Å². The highest BCUT2D eigenvalue weighted by Gasteiger charge is 2.37. The van der Waals surface area contributed by atoms with Gasteiger partial charge in [-0.15, -0.1) is 0 Å². The summed E-state index contributed by atoms with van der Waals surface area (Å²) in [5, 5.41) is 13.5. The second-order valence-corrected chi connectivity index (χ2v) is 5.10. The molecule has 2 rings (SSSR count). The highest BCUT2D eigenvalue weighted by molar-refractivity contribution is 5.99. The number of carbonyl (C=O) groups is 1. The number of anilines is 1. The van der Waals surface area contributed by atoms with E-state index in [9.17, 15) is 14.9 Å². The topological polar surface area (TPSA) is 98.3 Å². The Morgan fingerprint density at radius 3 is 2.63 bits per heavy atom. The zero-order valence-electron chi connectivity index (χ0n) is 10.8. The third kappa shape index (κ3) is 2.73. The second-order valence-electron chi connectivity index (χ2n) is 5.10. The zero-order valence-corrected chi connectivity index (χ0v) is 10.8. The molecule has 1 aliphatic rings. The van der Waals surface area contributed by atoms with Gasteiger partial charge in [-0.2, -0.15) is 0 Å². The summed E-state index contributed by atoms with van der Waals surface area (Å²) in [7, 11) is 0. The van der Waals surface area contributed by atoms with E-state index >= 15 is 0 Å². The largest absolute Gasteiger partial charge is 0.319 e. The summed E-state index contributed by atoms with van der Waals surface area (Å²) in [5.41, 5.74) is 6.09. The molecule has 3 N–H and O–H groups in total. The molecule has 0 radical (unpaired) electrons. The molecule has 0 spiro atoms. The van der Waals surface area contributed by atoms with Crippen LogP contribution < -0.4 is 11.1 Å². The van der Waals surface area contributed by atoms with Gasteiger partial charge >= 0.3 is 0 Å². The second kappa shape index (κ2) is 4.97. The molecule has 1 fully saturated rings. The number of nitrogens with one attached hydrogen (secondary N) is 1. The number of aryl methyl sites for hydroxylation is 1. The van der Waals surface area contributed by atoms with Gasteiger partial charge < -0.3 is 11.1 Å². The average Bonchev–Trinajstić information content (AvgIpc) is 2.77. The summed E-state index contributed by atoms with van der Waals surface area (Å²) >= 11 is 0. The molecular formula is C13H17N3O3. The number of rotatable bonds is 3.